The van der Waals surface area contributed by atoms with Crippen LogP contribution in [-0.2, 0) is 0 Å². The number of hydrogen-bond acceptors (Lipinski definition) is 5. The summed E-state index contributed by atoms with van der Waals surface area (Å²) in [4.78, 5) is 4.78. The maximum Gasteiger partial charge on any atom is 0.143 e. The molecule has 0 fully saturated rings. The Morgan fingerprint density at radius 2 is 0.504 bits per heavy atom. The predicted molar refractivity (Wildman–Crippen MR) is 474 cm³/mol. The first-order chi connectivity index (χ1) is 56.0. The van der Waals surface area contributed by atoms with Gasteiger partial charge in [-0.15, -0.1) is 0 Å². The second-order valence-electron chi connectivity index (χ2n) is 29.3. The van der Waals surface area contributed by atoms with E-state index in [2.05, 4.69) is 398 Å². The molecule has 22 rings (SSSR count). The Hall–Kier alpha value is -15.0. The maximum atomic E-state index is 7.43. The molecule has 22 aromatic rings. The summed E-state index contributed by atoms with van der Waals surface area (Å²) in [5, 5.41) is 13.7. The number of hydrogen-bond donors (Lipinski definition) is 0. The van der Waals surface area contributed by atoms with Crippen molar-refractivity contribution >= 4 is 132 Å². The van der Waals surface area contributed by atoms with Crippen LogP contribution in [0.5, 0.6) is 0 Å². The van der Waals surface area contributed by atoms with Gasteiger partial charge in [-0.3, -0.25) is 0 Å². The third-order valence-corrected chi connectivity index (χ3v) is 22.9. The molecular weight excluding hydrogens is 1370 g/mol. The topological polar surface area (TPSA) is 45.9 Å². The molecule has 0 atom stereocenters. The van der Waals surface area contributed by atoms with Crippen LogP contribution in [0.3, 0.4) is 0 Å². The number of furan rings is 3. The number of anilines is 6. The van der Waals surface area contributed by atoms with Crippen LogP contribution in [0.2, 0.25) is 0 Å². The molecule has 0 aliphatic carbocycles. The van der Waals surface area contributed by atoms with Crippen LogP contribution in [-0.4, -0.2) is 0 Å². The minimum atomic E-state index is 0.833. The normalized spacial score (nSPS) is 11.7. The highest BCUT2D eigenvalue weighted by atomic mass is 16.3. The first-order valence-corrected chi connectivity index (χ1v) is 38.6. The largest absolute Gasteiger partial charge is 0.456 e. The third kappa shape index (κ3) is 11.2. The summed E-state index contributed by atoms with van der Waals surface area (Å²) in [7, 11) is 0. The highest BCUT2D eigenvalue weighted by Gasteiger charge is 2.26. The Morgan fingerprint density at radius 3 is 1.13 bits per heavy atom. The van der Waals surface area contributed by atoms with E-state index < -0.39 is 0 Å². The summed E-state index contributed by atoms with van der Waals surface area (Å²) < 4.78 is 20.5. The highest BCUT2D eigenvalue weighted by molar-refractivity contribution is 6.16. The van der Waals surface area contributed by atoms with Crippen molar-refractivity contribution < 1.29 is 13.3 Å². The molecule has 0 bridgehead atoms. The van der Waals surface area contributed by atoms with Crippen molar-refractivity contribution in [3.63, 3.8) is 0 Å². The SMILES string of the molecule is c1cc(-c2ccc(N(c3ccc4oc5ccccc5c4c3)c3ccccc3-c3cccc4c3oc3ccccc34)cc2)cc(-c2cccc3ccc(-c4cccc5c4oc4c(-c6ccccc6N(c6ccc(-c7ccc(-c8cccc9ccccc89)cc7)cc6)c6cccc(-c7cccc8ccccc78)c6)cccc45)cc23)c1. The third-order valence-electron chi connectivity index (χ3n) is 22.9. The smallest absolute Gasteiger partial charge is 0.143 e. The fourth-order valence-corrected chi connectivity index (χ4v) is 17.5. The maximum absolute atomic E-state index is 7.43. The summed E-state index contributed by atoms with van der Waals surface area (Å²) in [6.45, 7) is 0. The molecule has 3 heterocycles. The van der Waals surface area contributed by atoms with Gasteiger partial charge >= 0.3 is 0 Å². The van der Waals surface area contributed by atoms with Crippen molar-refractivity contribution in [3.05, 3.63) is 413 Å². The summed E-state index contributed by atoms with van der Waals surface area (Å²) in [5.74, 6) is 0. The van der Waals surface area contributed by atoms with Crippen LogP contribution in [0.1, 0.15) is 0 Å². The summed E-state index contributed by atoms with van der Waals surface area (Å²) in [5.41, 5.74) is 29.0. The number of rotatable bonds is 14. The number of benzene rings is 19. The van der Waals surface area contributed by atoms with Gasteiger partial charge in [0.05, 0.1) is 11.4 Å². The van der Waals surface area contributed by atoms with Crippen LogP contribution in [0.25, 0.3) is 187 Å². The summed E-state index contributed by atoms with van der Waals surface area (Å²) in [6, 6.07) is 149. The zero-order chi connectivity index (χ0) is 74.5. The number of para-hydroxylation sites is 7. The standard InChI is InChI=1S/C108H68N2O3/c1-3-30-84-72(21-1)23-15-36-86(84)75-51-49-69(50-52-75)70-55-59-80(60-56-70)109(82-29-14-28-78(66-82)87-37-16-24-73-22-2-4-31-85(73)87)101-45-9-6-33-91(101)95-41-20-44-98-97-43-18-39-89(106(97)113-108(95)98)79-54-53-74-25-17-38-88(99(74)67-79)77-27-13-26-76(65-77)71-57-61-81(62-58-71)110(83-63-64-105-100(68-83)93-35-8-11-47-103(93)111-105)102-46-10-5-32-90(102)94-40-19-42-96-92-34-7-12-48-104(92)112-107(94)96/h1-68H. The average molecular weight is 1440 g/mol. The Kier molecular flexibility index (Phi) is 15.5. The van der Waals surface area contributed by atoms with Crippen molar-refractivity contribution in [2.45, 2.75) is 0 Å². The van der Waals surface area contributed by atoms with E-state index >= 15 is 0 Å². The molecule has 528 valence electrons. The number of nitrogens with zero attached hydrogens (tertiary/aromatic N) is 2. The van der Waals surface area contributed by atoms with E-state index in [0.717, 1.165) is 183 Å². The Morgan fingerprint density at radius 1 is 0.150 bits per heavy atom. The monoisotopic (exact) mass is 1440 g/mol. The van der Waals surface area contributed by atoms with E-state index in [1.54, 1.807) is 0 Å². The molecular formula is C108H68N2O3. The Bertz CT molecular complexity index is 7500. The fourth-order valence-electron chi connectivity index (χ4n) is 17.5. The van der Waals surface area contributed by atoms with Crippen molar-refractivity contribution in [3.8, 4) is 89.0 Å². The van der Waals surface area contributed by atoms with Gasteiger partial charge < -0.3 is 23.1 Å². The first-order valence-electron chi connectivity index (χ1n) is 38.6. The molecule has 0 N–H and O–H groups in total. The lowest BCUT2D eigenvalue weighted by Gasteiger charge is -2.28. The molecule has 5 nitrogen and oxygen atoms in total. The van der Waals surface area contributed by atoms with Gasteiger partial charge in [0.2, 0.25) is 0 Å². The molecule has 0 aliphatic rings. The molecule has 0 saturated heterocycles. The van der Waals surface area contributed by atoms with E-state index in [4.69, 9.17) is 13.3 Å². The second kappa shape index (κ2) is 27.0. The van der Waals surface area contributed by atoms with Crippen LogP contribution in [0.4, 0.5) is 34.1 Å². The van der Waals surface area contributed by atoms with Crippen LogP contribution < -0.4 is 9.80 Å². The molecule has 0 saturated carbocycles. The minimum Gasteiger partial charge on any atom is -0.456 e. The number of fused-ring (bicyclic) bond motifs is 12. The molecule has 0 aliphatic heterocycles. The molecule has 3 aromatic heterocycles. The predicted octanol–water partition coefficient (Wildman–Crippen LogP) is 31.1. The van der Waals surface area contributed by atoms with Gasteiger partial charge in [0.25, 0.3) is 0 Å². The van der Waals surface area contributed by atoms with Gasteiger partial charge in [-0.2, -0.15) is 0 Å². The minimum absolute atomic E-state index is 0.833. The van der Waals surface area contributed by atoms with E-state index in [-0.39, 0.29) is 0 Å². The molecule has 19 aromatic carbocycles. The van der Waals surface area contributed by atoms with Gasteiger partial charge in [0.1, 0.15) is 33.5 Å². The lowest BCUT2D eigenvalue weighted by Crippen LogP contribution is -2.11. The van der Waals surface area contributed by atoms with Gasteiger partial charge in [-0.1, -0.05) is 322 Å². The van der Waals surface area contributed by atoms with Gasteiger partial charge in [-0.05, 0) is 185 Å². The lowest BCUT2D eigenvalue weighted by atomic mass is 9.92. The highest BCUT2D eigenvalue weighted by Crippen LogP contribution is 2.50. The molecule has 0 amide bonds. The van der Waals surface area contributed by atoms with Crippen LogP contribution in [0.15, 0.2) is 426 Å². The molecule has 0 spiro atoms. The van der Waals surface area contributed by atoms with E-state index in [0.29, 0.717) is 0 Å². The zero-order valence-corrected chi connectivity index (χ0v) is 61.4. The van der Waals surface area contributed by atoms with Crippen molar-refractivity contribution in [1.82, 2.24) is 0 Å². The zero-order valence-electron chi connectivity index (χ0n) is 61.4. The van der Waals surface area contributed by atoms with E-state index in [9.17, 15) is 0 Å². The molecule has 0 radical (unpaired) electrons. The van der Waals surface area contributed by atoms with Crippen molar-refractivity contribution in [2.24, 2.45) is 0 Å². The Labute approximate surface area is 652 Å². The lowest BCUT2D eigenvalue weighted by molar-refractivity contribution is 0.669. The summed E-state index contributed by atoms with van der Waals surface area (Å²) in [6.07, 6.45) is 0. The Balaban J connectivity index is 0.613. The molecule has 0 unspecified atom stereocenters. The van der Waals surface area contributed by atoms with Crippen LogP contribution >= 0.6 is 0 Å². The van der Waals surface area contributed by atoms with E-state index in [1.165, 1.54) is 38.2 Å². The summed E-state index contributed by atoms with van der Waals surface area (Å²) >= 11 is 0. The van der Waals surface area contributed by atoms with Crippen LogP contribution in [0, 0.1) is 0 Å². The van der Waals surface area contributed by atoms with Gasteiger partial charge in [0.15, 0.2) is 0 Å². The van der Waals surface area contributed by atoms with Crippen molar-refractivity contribution in [1.29, 1.82) is 0 Å². The quantitative estimate of drug-likeness (QED) is 0.109. The first kappa shape index (κ1) is 65.1. The molecule has 113 heavy (non-hydrogen) atoms. The van der Waals surface area contributed by atoms with E-state index in [1.807, 2.05) is 24.3 Å². The van der Waals surface area contributed by atoms with Crippen molar-refractivity contribution in [2.75, 3.05) is 9.80 Å². The van der Waals surface area contributed by atoms with Gasteiger partial charge in [0, 0.05) is 82.9 Å². The average Bonchev–Trinajstić information content (AvgIpc) is 1.13. The molecule has 5 heteroatoms. The second-order valence-corrected chi connectivity index (χ2v) is 29.3. The fraction of sp³-hybridized carbons (Fsp3) is 0. The van der Waals surface area contributed by atoms with Gasteiger partial charge in [-0.25, -0.2) is 0 Å².